The average molecular weight is 218 g/mol. The molecule has 0 saturated heterocycles. The molecule has 0 aromatic carbocycles. The number of imidazole rings is 1. The molecule has 1 saturated carbocycles. The molecule has 5 nitrogen and oxygen atoms in total. The summed E-state index contributed by atoms with van der Waals surface area (Å²) in [6, 6.07) is 2.33. The number of aromatic amines is 1. The van der Waals surface area contributed by atoms with Crippen LogP contribution in [0.2, 0.25) is 0 Å². The molecular formula is C11H14N4O. The second kappa shape index (κ2) is 3.45. The quantitative estimate of drug-likeness (QED) is 0.742. The molecule has 0 amide bonds. The molecule has 0 aliphatic heterocycles. The van der Waals surface area contributed by atoms with E-state index in [1.165, 1.54) is 0 Å². The monoisotopic (exact) mass is 218 g/mol. The van der Waals surface area contributed by atoms with Crippen molar-refractivity contribution in [2.45, 2.75) is 31.3 Å². The van der Waals surface area contributed by atoms with Crippen LogP contribution in [0, 0.1) is 0 Å². The lowest BCUT2D eigenvalue weighted by atomic mass is 10.2. The summed E-state index contributed by atoms with van der Waals surface area (Å²) < 4.78 is 1.82. The van der Waals surface area contributed by atoms with Gasteiger partial charge >= 0.3 is 5.69 Å². The number of rotatable bonds is 1. The second-order valence-electron chi connectivity index (χ2n) is 4.42. The molecule has 2 unspecified atom stereocenters. The van der Waals surface area contributed by atoms with Crippen LogP contribution < -0.4 is 11.4 Å². The van der Waals surface area contributed by atoms with Crippen molar-refractivity contribution in [3.8, 4) is 0 Å². The molecule has 2 heterocycles. The van der Waals surface area contributed by atoms with Gasteiger partial charge in [-0.25, -0.2) is 4.79 Å². The Morgan fingerprint density at radius 2 is 2.38 bits per heavy atom. The maximum atomic E-state index is 11.9. The van der Waals surface area contributed by atoms with E-state index < -0.39 is 0 Å². The number of nitrogens with one attached hydrogen (secondary N) is 1. The maximum absolute atomic E-state index is 11.9. The van der Waals surface area contributed by atoms with E-state index in [2.05, 4.69) is 9.97 Å². The highest BCUT2D eigenvalue weighted by atomic mass is 16.1. The molecule has 2 aromatic rings. The van der Waals surface area contributed by atoms with Gasteiger partial charge in [-0.15, -0.1) is 0 Å². The van der Waals surface area contributed by atoms with Gasteiger partial charge < -0.3 is 10.7 Å². The van der Waals surface area contributed by atoms with Crippen molar-refractivity contribution in [2.24, 2.45) is 5.73 Å². The van der Waals surface area contributed by atoms with Gasteiger partial charge in [0.05, 0.1) is 17.2 Å². The number of H-pyrrole nitrogens is 1. The molecular weight excluding hydrogens is 204 g/mol. The number of fused-ring (bicyclic) bond motifs is 1. The number of aromatic nitrogens is 3. The molecule has 0 radical (unpaired) electrons. The Bertz CT molecular complexity index is 571. The summed E-state index contributed by atoms with van der Waals surface area (Å²) in [6.07, 6.45) is 6.25. The first-order valence-electron chi connectivity index (χ1n) is 5.55. The van der Waals surface area contributed by atoms with Gasteiger partial charge in [0.15, 0.2) is 0 Å². The molecule has 3 N–H and O–H groups in total. The van der Waals surface area contributed by atoms with E-state index in [-0.39, 0.29) is 17.8 Å². The van der Waals surface area contributed by atoms with Gasteiger partial charge in [-0.3, -0.25) is 9.55 Å². The standard InChI is InChI=1S/C11H14N4O/c12-7-1-2-8(5-7)15-10-3-4-13-6-9(10)14-11(15)16/h3-4,6-8H,1-2,5,12H2,(H,14,16). The molecule has 0 bridgehead atoms. The molecule has 2 atom stereocenters. The van der Waals surface area contributed by atoms with E-state index in [0.29, 0.717) is 0 Å². The molecule has 16 heavy (non-hydrogen) atoms. The van der Waals surface area contributed by atoms with Crippen LogP contribution >= 0.6 is 0 Å². The minimum Gasteiger partial charge on any atom is -0.328 e. The number of nitrogens with two attached hydrogens (primary N) is 1. The van der Waals surface area contributed by atoms with Crippen molar-refractivity contribution >= 4 is 11.0 Å². The summed E-state index contributed by atoms with van der Waals surface area (Å²) >= 11 is 0. The Hall–Kier alpha value is -1.62. The second-order valence-corrected chi connectivity index (χ2v) is 4.42. The zero-order chi connectivity index (χ0) is 11.1. The van der Waals surface area contributed by atoms with Crippen LogP contribution in [-0.2, 0) is 0 Å². The summed E-state index contributed by atoms with van der Waals surface area (Å²) in [4.78, 5) is 18.7. The highest BCUT2D eigenvalue weighted by molar-refractivity contribution is 5.73. The largest absolute Gasteiger partial charge is 0.328 e. The molecule has 3 rings (SSSR count). The lowest BCUT2D eigenvalue weighted by Gasteiger charge is -2.11. The Morgan fingerprint density at radius 3 is 3.12 bits per heavy atom. The smallest absolute Gasteiger partial charge is 0.326 e. The molecule has 0 spiro atoms. The minimum atomic E-state index is -0.0536. The van der Waals surface area contributed by atoms with Gasteiger partial charge in [0.1, 0.15) is 0 Å². The predicted molar refractivity (Wildman–Crippen MR) is 61.2 cm³/mol. The van der Waals surface area contributed by atoms with Gasteiger partial charge in [-0.2, -0.15) is 0 Å². The van der Waals surface area contributed by atoms with Crippen molar-refractivity contribution in [3.05, 3.63) is 28.9 Å². The van der Waals surface area contributed by atoms with Crippen LogP contribution in [0.1, 0.15) is 25.3 Å². The van der Waals surface area contributed by atoms with Crippen LogP contribution in [0.3, 0.4) is 0 Å². The third-order valence-electron chi connectivity index (χ3n) is 3.33. The first-order chi connectivity index (χ1) is 7.75. The third kappa shape index (κ3) is 1.36. The highest BCUT2D eigenvalue weighted by Gasteiger charge is 2.25. The minimum absolute atomic E-state index is 0.0536. The lowest BCUT2D eigenvalue weighted by Crippen LogP contribution is -2.22. The molecule has 2 aromatic heterocycles. The average Bonchev–Trinajstić information content (AvgIpc) is 2.80. The molecule has 5 heteroatoms. The van der Waals surface area contributed by atoms with E-state index >= 15 is 0 Å². The van der Waals surface area contributed by atoms with Gasteiger partial charge in [0.25, 0.3) is 0 Å². The lowest BCUT2D eigenvalue weighted by molar-refractivity contribution is 0.509. The predicted octanol–water partition coefficient (Wildman–Crippen LogP) is 0.777. The zero-order valence-electron chi connectivity index (χ0n) is 8.89. The molecule has 1 fully saturated rings. The van der Waals surface area contributed by atoms with E-state index in [9.17, 15) is 4.79 Å². The van der Waals surface area contributed by atoms with Crippen LogP contribution in [-0.4, -0.2) is 20.6 Å². The van der Waals surface area contributed by atoms with E-state index in [0.717, 1.165) is 30.3 Å². The Balaban J connectivity index is 2.15. The number of hydrogen-bond acceptors (Lipinski definition) is 3. The van der Waals surface area contributed by atoms with Gasteiger partial charge in [0.2, 0.25) is 0 Å². The Labute approximate surface area is 92.3 Å². The summed E-state index contributed by atoms with van der Waals surface area (Å²) in [5.74, 6) is 0. The third-order valence-corrected chi connectivity index (χ3v) is 3.33. The van der Waals surface area contributed by atoms with E-state index in [1.807, 2.05) is 10.6 Å². The molecule has 84 valence electrons. The number of hydrogen-bond donors (Lipinski definition) is 2. The highest BCUT2D eigenvalue weighted by Crippen LogP contribution is 2.29. The summed E-state index contributed by atoms with van der Waals surface area (Å²) in [5.41, 5.74) is 7.56. The van der Waals surface area contributed by atoms with Crippen molar-refractivity contribution in [1.82, 2.24) is 14.5 Å². The molecule has 1 aliphatic carbocycles. The SMILES string of the molecule is NC1CCC(n2c(=O)[nH]c3cnccc32)C1. The van der Waals surface area contributed by atoms with E-state index in [1.54, 1.807) is 12.4 Å². The van der Waals surface area contributed by atoms with E-state index in [4.69, 9.17) is 5.73 Å². The fourth-order valence-corrected chi connectivity index (χ4v) is 2.57. The zero-order valence-corrected chi connectivity index (χ0v) is 8.89. The van der Waals surface area contributed by atoms with Crippen LogP contribution in [0.5, 0.6) is 0 Å². The van der Waals surface area contributed by atoms with Crippen LogP contribution in [0.25, 0.3) is 11.0 Å². The Morgan fingerprint density at radius 1 is 1.50 bits per heavy atom. The fraction of sp³-hybridized carbons (Fsp3) is 0.455. The number of pyridine rings is 1. The van der Waals surface area contributed by atoms with Crippen molar-refractivity contribution < 1.29 is 0 Å². The van der Waals surface area contributed by atoms with Crippen LogP contribution in [0.4, 0.5) is 0 Å². The first-order valence-corrected chi connectivity index (χ1v) is 5.55. The first kappa shape index (κ1) is 9.59. The maximum Gasteiger partial charge on any atom is 0.326 e. The van der Waals surface area contributed by atoms with Gasteiger partial charge in [-0.05, 0) is 25.3 Å². The summed E-state index contributed by atoms with van der Waals surface area (Å²) in [7, 11) is 0. The fourth-order valence-electron chi connectivity index (χ4n) is 2.57. The Kier molecular flexibility index (Phi) is 2.07. The molecule has 1 aliphatic rings. The van der Waals surface area contributed by atoms with Crippen molar-refractivity contribution in [1.29, 1.82) is 0 Å². The van der Waals surface area contributed by atoms with Crippen molar-refractivity contribution in [2.75, 3.05) is 0 Å². The van der Waals surface area contributed by atoms with Crippen molar-refractivity contribution in [3.63, 3.8) is 0 Å². The van der Waals surface area contributed by atoms with Gasteiger partial charge in [0, 0.05) is 18.3 Å². The number of nitrogens with zero attached hydrogens (tertiary/aromatic N) is 2. The van der Waals surface area contributed by atoms with Gasteiger partial charge in [-0.1, -0.05) is 0 Å². The topological polar surface area (TPSA) is 76.7 Å². The van der Waals surface area contributed by atoms with Crippen LogP contribution in [0.15, 0.2) is 23.3 Å². The summed E-state index contributed by atoms with van der Waals surface area (Å²) in [5, 5.41) is 0. The summed E-state index contributed by atoms with van der Waals surface area (Å²) in [6.45, 7) is 0. The normalized spacial score (nSPS) is 25.3.